The number of nitrogens with zero attached hydrogens (tertiary/aromatic N) is 2. The zero-order chi connectivity index (χ0) is 22.4. The van der Waals surface area contributed by atoms with Crippen molar-refractivity contribution < 1.29 is 13.5 Å². The molecule has 1 aliphatic heterocycles. The molecule has 0 saturated heterocycles. The summed E-state index contributed by atoms with van der Waals surface area (Å²) in [6, 6.07) is 17.1. The molecule has 0 aliphatic carbocycles. The summed E-state index contributed by atoms with van der Waals surface area (Å²) >= 11 is 0. The minimum absolute atomic E-state index is 0.0399. The van der Waals surface area contributed by atoms with Crippen LogP contribution in [0.1, 0.15) is 22.7 Å². The lowest BCUT2D eigenvalue weighted by molar-refractivity contribution is 0.387. The highest BCUT2D eigenvalue weighted by atomic mass is 19.1. The Hall–Kier alpha value is -4.44. The highest BCUT2D eigenvalue weighted by Crippen LogP contribution is 2.44. The lowest BCUT2D eigenvalue weighted by Gasteiger charge is -2.26. The number of hydrogen-bond acceptors (Lipinski definition) is 6. The fourth-order valence-electron chi connectivity index (χ4n) is 3.96. The van der Waals surface area contributed by atoms with Crippen LogP contribution in [-0.4, -0.2) is 4.98 Å². The Balaban J connectivity index is 1.73. The van der Waals surface area contributed by atoms with E-state index in [0.29, 0.717) is 16.5 Å². The molecule has 0 amide bonds. The van der Waals surface area contributed by atoms with Crippen molar-refractivity contribution >= 4 is 11.0 Å². The molecular formula is C25H16FN3O3. The summed E-state index contributed by atoms with van der Waals surface area (Å²) in [6.07, 6.45) is 1.66. The van der Waals surface area contributed by atoms with Gasteiger partial charge in [-0.3, -0.25) is 4.98 Å². The molecule has 1 unspecified atom stereocenters. The second-order valence-electron chi connectivity index (χ2n) is 7.48. The minimum Gasteiger partial charge on any atom is -0.439 e. The number of para-hydroxylation sites is 1. The van der Waals surface area contributed by atoms with Crippen molar-refractivity contribution in [3.05, 3.63) is 105 Å². The molecule has 2 aromatic carbocycles. The van der Waals surface area contributed by atoms with Crippen LogP contribution in [0.15, 0.2) is 81.5 Å². The Morgan fingerprint density at radius 1 is 1.12 bits per heavy atom. The molecule has 6 nitrogen and oxygen atoms in total. The SMILES string of the molecule is Cc1ccc(-c2ccc(C3C(C#N)=C(N)Oc4c3c(=O)oc3ccccc43)c(F)c2)cn1. The average Bonchev–Trinajstić information content (AvgIpc) is 2.79. The van der Waals surface area contributed by atoms with Gasteiger partial charge in [-0.25, -0.2) is 9.18 Å². The Morgan fingerprint density at radius 2 is 1.91 bits per heavy atom. The molecule has 0 fully saturated rings. The van der Waals surface area contributed by atoms with Gasteiger partial charge in [0.25, 0.3) is 0 Å². The molecule has 0 bridgehead atoms. The number of aryl methyl sites for hydroxylation is 1. The van der Waals surface area contributed by atoms with Crippen molar-refractivity contribution in [2.45, 2.75) is 12.8 Å². The molecule has 4 aromatic rings. The van der Waals surface area contributed by atoms with E-state index in [2.05, 4.69) is 4.98 Å². The molecule has 0 spiro atoms. The number of pyridine rings is 1. The largest absolute Gasteiger partial charge is 0.439 e. The fraction of sp³-hybridized carbons (Fsp3) is 0.0800. The van der Waals surface area contributed by atoms with Crippen LogP contribution in [0.4, 0.5) is 4.39 Å². The molecule has 0 radical (unpaired) electrons. The maximum absolute atomic E-state index is 15.4. The van der Waals surface area contributed by atoms with Gasteiger partial charge in [0.05, 0.1) is 16.9 Å². The van der Waals surface area contributed by atoms with Gasteiger partial charge in [-0.05, 0) is 36.8 Å². The van der Waals surface area contributed by atoms with Crippen LogP contribution in [0, 0.1) is 24.1 Å². The smallest absolute Gasteiger partial charge is 0.344 e. The lowest BCUT2D eigenvalue weighted by Crippen LogP contribution is -2.26. The molecule has 2 aromatic heterocycles. The van der Waals surface area contributed by atoms with Gasteiger partial charge in [0.2, 0.25) is 5.88 Å². The maximum atomic E-state index is 15.4. The summed E-state index contributed by atoms with van der Waals surface area (Å²) in [5, 5.41) is 10.3. The van der Waals surface area contributed by atoms with Crippen molar-refractivity contribution in [1.82, 2.24) is 4.98 Å². The van der Waals surface area contributed by atoms with E-state index < -0.39 is 17.4 Å². The molecule has 5 rings (SSSR count). The summed E-state index contributed by atoms with van der Waals surface area (Å²) in [6.45, 7) is 1.87. The molecule has 7 heteroatoms. The van der Waals surface area contributed by atoms with E-state index in [9.17, 15) is 10.1 Å². The third kappa shape index (κ3) is 3.01. The molecule has 3 heterocycles. The molecule has 32 heavy (non-hydrogen) atoms. The van der Waals surface area contributed by atoms with E-state index in [0.717, 1.165) is 11.3 Å². The number of aromatic nitrogens is 1. The Kier molecular flexibility index (Phi) is 4.49. The number of benzene rings is 2. The highest BCUT2D eigenvalue weighted by molar-refractivity contribution is 5.86. The minimum atomic E-state index is -1.06. The van der Waals surface area contributed by atoms with Crippen LogP contribution in [-0.2, 0) is 0 Å². The first-order valence-electron chi connectivity index (χ1n) is 9.83. The number of allylic oxidation sites excluding steroid dienone is 1. The third-order valence-corrected chi connectivity index (χ3v) is 5.53. The van der Waals surface area contributed by atoms with Crippen molar-refractivity contribution in [3.8, 4) is 22.9 Å². The predicted molar refractivity (Wildman–Crippen MR) is 116 cm³/mol. The molecular weight excluding hydrogens is 409 g/mol. The van der Waals surface area contributed by atoms with Gasteiger partial charge >= 0.3 is 5.63 Å². The summed E-state index contributed by atoms with van der Waals surface area (Å²) < 4.78 is 26.5. The van der Waals surface area contributed by atoms with Crippen LogP contribution in [0.5, 0.6) is 5.75 Å². The number of nitriles is 1. The second kappa shape index (κ2) is 7.36. The van der Waals surface area contributed by atoms with Gasteiger partial charge in [0.15, 0.2) is 5.75 Å². The summed E-state index contributed by atoms with van der Waals surface area (Å²) in [4.78, 5) is 17.2. The number of nitrogens with two attached hydrogens (primary N) is 1. The normalized spacial score (nSPS) is 15.2. The first-order valence-corrected chi connectivity index (χ1v) is 9.83. The monoisotopic (exact) mass is 425 g/mol. The van der Waals surface area contributed by atoms with Crippen LogP contribution in [0.3, 0.4) is 0 Å². The van der Waals surface area contributed by atoms with Gasteiger partial charge in [0, 0.05) is 23.0 Å². The van der Waals surface area contributed by atoms with Crippen LogP contribution >= 0.6 is 0 Å². The van der Waals surface area contributed by atoms with E-state index in [4.69, 9.17) is 14.9 Å². The maximum Gasteiger partial charge on any atom is 0.344 e. The summed E-state index contributed by atoms with van der Waals surface area (Å²) in [7, 11) is 0. The van der Waals surface area contributed by atoms with Gasteiger partial charge in [-0.1, -0.05) is 30.3 Å². The first kappa shape index (κ1) is 19.5. The summed E-state index contributed by atoms with van der Waals surface area (Å²) in [5.74, 6) is -1.65. The Bertz CT molecular complexity index is 1510. The van der Waals surface area contributed by atoms with Gasteiger partial charge < -0.3 is 14.9 Å². The predicted octanol–water partition coefficient (Wildman–Crippen LogP) is 4.52. The molecule has 0 saturated carbocycles. The Labute approximate surface area is 182 Å². The van der Waals surface area contributed by atoms with Gasteiger partial charge in [-0.2, -0.15) is 5.26 Å². The average molecular weight is 425 g/mol. The molecule has 1 atom stereocenters. The zero-order valence-electron chi connectivity index (χ0n) is 16.9. The lowest BCUT2D eigenvalue weighted by atomic mass is 9.83. The van der Waals surface area contributed by atoms with Crippen LogP contribution < -0.4 is 16.1 Å². The highest BCUT2D eigenvalue weighted by Gasteiger charge is 2.36. The second-order valence-corrected chi connectivity index (χ2v) is 7.48. The van der Waals surface area contributed by atoms with Crippen molar-refractivity contribution in [2.75, 3.05) is 0 Å². The van der Waals surface area contributed by atoms with E-state index >= 15 is 4.39 Å². The van der Waals surface area contributed by atoms with Gasteiger partial charge in [-0.15, -0.1) is 0 Å². The Morgan fingerprint density at radius 3 is 2.62 bits per heavy atom. The number of rotatable bonds is 2. The van der Waals surface area contributed by atoms with Gasteiger partial charge in [0.1, 0.15) is 23.0 Å². The topological polar surface area (TPSA) is 102 Å². The van der Waals surface area contributed by atoms with Crippen molar-refractivity contribution in [3.63, 3.8) is 0 Å². The number of hydrogen-bond donors (Lipinski definition) is 1. The van der Waals surface area contributed by atoms with E-state index in [1.54, 1.807) is 42.6 Å². The van der Waals surface area contributed by atoms with E-state index in [1.807, 2.05) is 25.1 Å². The zero-order valence-corrected chi connectivity index (χ0v) is 16.9. The third-order valence-electron chi connectivity index (χ3n) is 5.53. The number of halogens is 1. The van der Waals surface area contributed by atoms with E-state index in [-0.39, 0.29) is 28.3 Å². The molecule has 156 valence electrons. The number of fused-ring (bicyclic) bond motifs is 3. The molecule has 1 aliphatic rings. The summed E-state index contributed by atoms with van der Waals surface area (Å²) in [5.41, 5.74) is 7.95. The quantitative estimate of drug-likeness (QED) is 0.474. The number of ether oxygens (including phenoxy) is 1. The fourth-order valence-corrected chi connectivity index (χ4v) is 3.96. The molecule has 2 N–H and O–H groups in total. The van der Waals surface area contributed by atoms with Crippen molar-refractivity contribution in [2.24, 2.45) is 5.73 Å². The van der Waals surface area contributed by atoms with Crippen molar-refractivity contribution in [1.29, 1.82) is 5.26 Å². The standard InChI is InChI=1S/C25H16FN3O3/c1-13-6-7-15(12-29-13)14-8-9-16(19(26)10-14)21-18(11-27)24(28)32-23-17-4-2-3-5-20(17)31-25(30)22(21)23/h2-10,12,21H,28H2,1H3. The van der Waals surface area contributed by atoms with Crippen LogP contribution in [0.2, 0.25) is 0 Å². The first-order chi connectivity index (χ1) is 15.5. The van der Waals surface area contributed by atoms with E-state index in [1.165, 1.54) is 6.07 Å². The van der Waals surface area contributed by atoms with Crippen LogP contribution in [0.25, 0.3) is 22.1 Å².